The Morgan fingerprint density at radius 3 is 2.37 bits per heavy atom. The molecule has 1 N–H and O–H groups in total. The third-order valence-corrected chi connectivity index (χ3v) is 3.80. The van der Waals surface area contributed by atoms with Crippen molar-refractivity contribution < 1.29 is 14.7 Å². The number of carbonyl (C=O) groups is 2. The van der Waals surface area contributed by atoms with E-state index in [1.807, 2.05) is 36.0 Å². The highest BCUT2D eigenvalue weighted by Gasteiger charge is 2.27. The molecule has 0 aromatic carbocycles. The highest BCUT2D eigenvalue weighted by atomic mass is 16.4. The average molecular weight is 264 g/mol. The molecule has 19 heavy (non-hydrogen) atoms. The number of hydrogen-bond donors (Lipinski definition) is 1. The van der Waals surface area contributed by atoms with E-state index < -0.39 is 5.97 Å². The molecule has 2 heterocycles. The third-order valence-electron chi connectivity index (χ3n) is 3.80. The summed E-state index contributed by atoms with van der Waals surface area (Å²) in [5.74, 6) is -0.913. The van der Waals surface area contributed by atoms with E-state index in [1.54, 1.807) is 4.90 Å². The molecule has 1 aromatic rings. The summed E-state index contributed by atoms with van der Waals surface area (Å²) in [6.45, 7) is 3.14. The van der Waals surface area contributed by atoms with Gasteiger partial charge in [0.25, 0.3) is 0 Å². The van der Waals surface area contributed by atoms with Crippen LogP contribution in [0.1, 0.15) is 32.2 Å². The molecule has 1 aliphatic rings. The number of carboxylic acid groups (broad SMARTS) is 1. The Hall–Kier alpha value is -1.78. The topological polar surface area (TPSA) is 62.5 Å². The first-order valence-corrected chi connectivity index (χ1v) is 6.71. The summed E-state index contributed by atoms with van der Waals surface area (Å²) in [6.07, 6.45) is 5.51. The van der Waals surface area contributed by atoms with Crippen LogP contribution < -0.4 is 0 Å². The van der Waals surface area contributed by atoms with Gasteiger partial charge >= 0.3 is 5.97 Å². The molecule has 0 aliphatic carbocycles. The van der Waals surface area contributed by atoms with Crippen molar-refractivity contribution in [1.29, 1.82) is 0 Å². The lowest BCUT2D eigenvalue weighted by Crippen LogP contribution is -2.40. The zero-order chi connectivity index (χ0) is 13.8. The minimum absolute atomic E-state index is 0.116. The molecule has 1 saturated heterocycles. The van der Waals surface area contributed by atoms with Crippen molar-refractivity contribution in [3.63, 3.8) is 0 Å². The molecule has 1 fully saturated rings. The minimum Gasteiger partial charge on any atom is -0.481 e. The molecule has 2 rings (SSSR count). The smallest absolute Gasteiger partial charge is 0.306 e. The van der Waals surface area contributed by atoms with Gasteiger partial charge in [0, 0.05) is 37.9 Å². The molecule has 0 saturated carbocycles. The number of likely N-dealkylation sites (tertiary alicyclic amines) is 1. The minimum atomic E-state index is -0.743. The van der Waals surface area contributed by atoms with Crippen molar-refractivity contribution >= 4 is 11.9 Å². The van der Waals surface area contributed by atoms with Crippen LogP contribution in [0.25, 0.3) is 0 Å². The van der Waals surface area contributed by atoms with Gasteiger partial charge in [-0.15, -0.1) is 0 Å². The summed E-state index contributed by atoms with van der Waals surface area (Å²) in [7, 11) is 0. The van der Waals surface area contributed by atoms with Crippen LogP contribution in [0.3, 0.4) is 0 Å². The van der Waals surface area contributed by atoms with Crippen LogP contribution in [-0.4, -0.2) is 39.5 Å². The second-order valence-corrected chi connectivity index (χ2v) is 5.18. The maximum absolute atomic E-state index is 12.1. The van der Waals surface area contributed by atoms with Gasteiger partial charge in [0.2, 0.25) is 5.91 Å². The lowest BCUT2D eigenvalue weighted by Gasteiger charge is -2.31. The molecule has 5 nitrogen and oxygen atoms in total. The number of carbonyl (C=O) groups excluding carboxylic acids is 1. The molecule has 1 aromatic heterocycles. The standard InChI is InChI=1S/C14H20N2O3/c1-11(15-6-2-3-7-15)10-13(17)16-8-4-12(5-9-16)14(18)19/h2-3,6-7,11-12H,4-5,8-10H2,1H3,(H,18,19)/t11-/m0/s1. The maximum Gasteiger partial charge on any atom is 0.306 e. The summed E-state index contributed by atoms with van der Waals surface area (Å²) >= 11 is 0. The number of rotatable bonds is 4. The Morgan fingerprint density at radius 1 is 1.26 bits per heavy atom. The molecule has 0 radical (unpaired) electrons. The molecule has 5 heteroatoms. The molecule has 104 valence electrons. The SMILES string of the molecule is C[C@@H](CC(=O)N1CCC(C(=O)O)CC1)n1cccc1. The van der Waals surface area contributed by atoms with Crippen LogP contribution in [-0.2, 0) is 9.59 Å². The number of aromatic nitrogens is 1. The van der Waals surface area contributed by atoms with Crippen LogP contribution in [0.4, 0.5) is 0 Å². The molecule has 1 amide bonds. The fourth-order valence-electron chi connectivity index (χ4n) is 2.50. The van der Waals surface area contributed by atoms with Crippen molar-refractivity contribution in [2.45, 2.75) is 32.2 Å². The summed E-state index contributed by atoms with van der Waals surface area (Å²) < 4.78 is 2.02. The largest absolute Gasteiger partial charge is 0.481 e. The third kappa shape index (κ3) is 3.36. The maximum atomic E-state index is 12.1. The number of amides is 1. The van der Waals surface area contributed by atoms with Crippen LogP contribution in [0, 0.1) is 5.92 Å². The van der Waals surface area contributed by atoms with E-state index in [2.05, 4.69) is 0 Å². The van der Waals surface area contributed by atoms with Gasteiger partial charge in [-0.25, -0.2) is 0 Å². The van der Waals surface area contributed by atoms with Gasteiger partial charge in [-0.2, -0.15) is 0 Å². The van der Waals surface area contributed by atoms with E-state index >= 15 is 0 Å². The molecule has 0 bridgehead atoms. The lowest BCUT2D eigenvalue weighted by molar-refractivity contribution is -0.145. The van der Waals surface area contributed by atoms with Crippen LogP contribution in [0.15, 0.2) is 24.5 Å². The first-order chi connectivity index (χ1) is 9.08. The predicted molar refractivity (Wildman–Crippen MR) is 70.7 cm³/mol. The second-order valence-electron chi connectivity index (χ2n) is 5.18. The van der Waals surface area contributed by atoms with Gasteiger partial charge in [-0.05, 0) is 31.9 Å². The van der Waals surface area contributed by atoms with Crippen LogP contribution >= 0.6 is 0 Å². The zero-order valence-corrected chi connectivity index (χ0v) is 11.2. The number of aliphatic carboxylic acids is 1. The van der Waals surface area contributed by atoms with Gasteiger partial charge in [0.05, 0.1) is 5.92 Å². The molecule has 1 aliphatic heterocycles. The normalized spacial score (nSPS) is 18.3. The first kappa shape index (κ1) is 13.6. The average Bonchev–Trinajstić information content (AvgIpc) is 2.92. The van der Waals surface area contributed by atoms with E-state index in [9.17, 15) is 9.59 Å². The Labute approximate surface area is 112 Å². The highest BCUT2D eigenvalue weighted by molar-refractivity contribution is 5.77. The molecule has 1 atom stereocenters. The number of hydrogen-bond acceptors (Lipinski definition) is 2. The fraction of sp³-hybridized carbons (Fsp3) is 0.571. The fourth-order valence-corrected chi connectivity index (χ4v) is 2.50. The molecular weight excluding hydrogens is 244 g/mol. The monoisotopic (exact) mass is 264 g/mol. The van der Waals surface area contributed by atoms with Crippen molar-refractivity contribution in [1.82, 2.24) is 9.47 Å². The zero-order valence-electron chi connectivity index (χ0n) is 11.2. The van der Waals surface area contributed by atoms with Crippen molar-refractivity contribution in [3.8, 4) is 0 Å². The van der Waals surface area contributed by atoms with Gasteiger partial charge in [0.1, 0.15) is 0 Å². The Bertz CT molecular complexity index is 434. The van der Waals surface area contributed by atoms with Crippen molar-refractivity contribution in [3.05, 3.63) is 24.5 Å². The predicted octanol–water partition coefficient (Wildman–Crippen LogP) is 1.76. The van der Waals surface area contributed by atoms with Crippen LogP contribution in [0.5, 0.6) is 0 Å². The molecule has 0 spiro atoms. The summed E-state index contributed by atoms with van der Waals surface area (Å²) in [4.78, 5) is 24.8. The van der Waals surface area contributed by atoms with Crippen LogP contribution in [0.2, 0.25) is 0 Å². The van der Waals surface area contributed by atoms with Gasteiger partial charge in [0.15, 0.2) is 0 Å². The summed E-state index contributed by atoms with van der Waals surface area (Å²) in [6, 6.07) is 4.03. The van der Waals surface area contributed by atoms with Crippen molar-refractivity contribution in [2.24, 2.45) is 5.92 Å². The van der Waals surface area contributed by atoms with Gasteiger partial charge in [-0.1, -0.05) is 0 Å². The van der Waals surface area contributed by atoms with Gasteiger partial charge in [-0.3, -0.25) is 9.59 Å². The van der Waals surface area contributed by atoms with E-state index in [-0.39, 0.29) is 17.9 Å². The number of carboxylic acids is 1. The summed E-state index contributed by atoms with van der Waals surface area (Å²) in [5, 5.41) is 8.93. The molecular formula is C14H20N2O3. The van der Waals surface area contributed by atoms with Crippen molar-refractivity contribution in [2.75, 3.05) is 13.1 Å². The second kappa shape index (κ2) is 5.91. The Balaban J connectivity index is 1.83. The summed E-state index contributed by atoms with van der Waals surface area (Å²) in [5.41, 5.74) is 0. The number of piperidine rings is 1. The van der Waals surface area contributed by atoms with E-state index in [0.717, 1.165) is 0 Å². The molecule has 0 unspecified atom stereocenters. The number of nitrogens with zero attached hydrogens (tertiary/aromatic N) is 2. The Morgan fingerprint density at radius 2 is 1.84 bits per heavy atom. The van der Waals surface area contributed by atoms with Gasteiger partial charge < -0.3 is 14.6 Å². The highest BCUT2D eigenvalue weighted by Crippen LogP contribution is 2.20. The lowest BCUT2D eigenvalue weighted by atomic mass is 9.97. The quantitative estimate of drug-likeness (QED) is 0.901. The van der Waals surface area contributed by atoms with E-state index in [0.29, 0.717) is 32.4 Å². The van der Waals surface area contributed by atoms with E-state index in [1.165, 1.54) is 0 Å². The first-order valence-electron chi connectivity index (χ1n) is 6.71. The van der Waals surface area contributed by atoms with E-state index in [4.69, 9.17) is 5.11 Å². The Kier molecular flexibility index (Phi) is 4.24.